The van der Waals surface area contributed by atoms with Crippen molar-refractivity contribution in [3.05, 3.63) is 29.8 Å². The molecule has 0 N–H and O–H groups in total. The fourth-order valence-electron chi connectivity index (χ4n) is 1.66. The minimum absolute atomic E-state index is 0.529. The third kappa shape index (κ3) is 1.06. The van der Waals surface area contributed by atoms with Gasteiger partial charge in [-0.15, -0.1) is 0 Å². The summed E-state index contributed by atoms with van der Waals surface area (Å²) in [5.41, 5.74) is 2.53. The Kier molecular flexibility index (Phi) is 1.72. The molecule has 1 nitrogen and oxygen atoms in total. The number of nitrogens with zero attached hydrogens (tertiary/aromatic N) is 1. The second-order valence-electron chi connectivity index (χ2n) is 3.61. The van der Waals surface area contributed by atoms with Crippen molar-refractivity contribution in [2.24, 2.45) is 10.9 Å². The predicted octanol–water partition coefficient (Wildman–Crippen LogP) is 3.14. The first kappa shape index (κ1) is 7.53. The number of rotatable bonds is 1. The van der Waals surface area contributed by atoms with Crippen LogP contribution in [0.1, 0.15) is 25.3 Å². The highest BCUT2D eigenvalue weighted by Gasteiger charge is 2.20. The standard InChI is InChI=1S/C11H13N/c1-8(2)10-7-12-11-6-4-3-5-9(10)11/h3-8,10H,1-2H3. The van der Waals surface area contributed by atoms with E-state index in [4.69, 9.17) is 0 Å². The van der Waals surface area contributed by atoms with Gasteiger partial charge in [-0.1, -0.05) is 32.0 Å². The highest BCUT2D eigenvalue weighted by molar-refractivity contribution is 5.80. The Hall–Kier alpha value is -1.11. The van der Waals surface area contributed by atoms with Crippen molar-refractivity contribution in [3.63, 3.8) is 0 Å². The fourth-order valence-corrected chi connectivity index (χ4v) is 1.66. The van der Waals surface area contributed by atoms with Gasteiger partial charge in [-0.3, -0.25) is 4.99 Å². The Morgan fingerprint density at radius 3 is 2.75 bits per heavy atom. The monoisotopic (exact) mass is 159 g/mol. The maximum absolute atomic E-state index is 4.38. The number of hydrogen-bond acceptors (Lipinski definition) is 1. The van der Waals surface area contributed by atoms with E-state index < -0.39 is 0 Å². The molecular weight excluding hydrogens is 146 g/mol. The molecule has 1 aromatic carbocycles. The molecule has 0 amide bonds. The second-order valence-corrected chi connectivity index (χ2v) is 3.61. The Labute approximate surface area is 73.1 Å². The normalized spacial score (nSPS) is 20.1. The molecular formula is C11H13N. The molecule has 1 aromatic rings. The first-order valence-corrected chi connectivity index (χ1v) is 4.42. The highest BCUT2D eigenvalue weighted by Crippen LogP contribution is 2.35. The molecule has 1 heteroatoms. The molecule has 2 rings (SSSR count). The lowest BCUT2D eigenvalue weighted by Crippen LogP contribution is -2.03. The van der Waals surface area contributed by atoms with E-state index in [1.165, 1.54) is 5.56 Å². The van der Waals surface area contributed by atoms with E-state index in [0.29, 0.717) is 11.8 Å². The lowest BCUT2D eigenvalue weighted by Gasteiger charge is -2.12. The molecule has 1 atom stereocenters. The molecule has 1 unspecified atom stereocenters. The molecule has 0 radical (unpaired) electrons. The van der Waals surface area contributed by atoms with Crippen LogP contribution in [0.2, 0.25) is 0 Å². The van der Waals surface area contributed by atoms with Crippen LogP contribution in [0, 0.1) is 5.92 Å². The lowest BCUT2D eigenvalue weighted by molar-refractivity contribution is 0.617. The first-order chi connectivity index (χ1) is 5.79. The summed E-state index contributed by atoms with van der Waals surface area (Å²) in [6.45, 7) is 4.47. The van der Waals surface area contributed by atoms with Crippen LogP contribution in [0.25, 0.3) is 0 Å². The number of aliphatic imine (C=N–C) groups is 1. The summed E-state index contributed by atoms with van der Waals surface area (Å²) in [4.78, 5) is 4.38. The molecule has 12 heavy (non-hydrogen) atoms. The van der Waals surface area contributed by atoms with E-state index in [1.54, 1.807) is 0 Å². The van der Waals surface area contributed by atoms with E-state index in [-0.39, 0.29) is 0 Å². The van der Waals surface area contributed by atoms with E-state index in [1.807, 2.05) is 6.07 Å². The Bertz CT molecular complexity index is 313. The van der Waals surface area contributed by atoms with Crippen molar-refractivity contribution >= 4 is 11.9 Å². The van der Waals surface area contributed by atoms with Gasteiger partial charge < -0.3 is 0 Å². The van der Waals surface area contributed by atoms with Gasteiger partial charge in [0.2, 0.25) is 0 Å². The first-order valence-electron chi connectivity index (χ1n) is 4.42. The van der Waals surface area contributed by atoms with E-state index >= 15 is 0 Å². The zero-order chi connectivity index (χ0) is 8.55. The maximum atomic E-state index is 4.38. The summed E-state index contributed by atoms with van der Waals surface area (Å²) in [6, 6.07) is 8.38. The Morgan fingerprint density at radius 1 is 1.25 bits per heavy atom. The van der Waals surface area contributed by atoms with Crippen LogP contribution >= 0.6 is 0 Å². The number of hydrogen-bond donors (Lipinski definition) is 0. The van der Waals surface area contributed by atoms with Gasteiger partial charge in [0, 0.05) is 12.1 Å². The van der Waals surface area contributed by atoms with Gasteiger partial charge in [-0.05, 0) is 17.5 Å². The smallest absolute Gasteiger partial charge is 0.0664 e. The van der Waals surface area contributed by atoms with Crippen molar-refractivity contribution in [1.82, 2.24) is 0 Å². The van der Waals surface area contributed by atoms with Gasteiger partial charge in [0.25, 0.3) is 0 Å². The Morgan fingerprint density at radius 2 is 2.00 bits per heavy atom. The van der Waals surface area contributed by atoms with Crippen molar-refractivity contribution in [2.75, 3.05) is 0 Å². The number of fused-ring (bicyclic) bond motifs is 1. The van der Waals surface area contributed by atoms with E-state index in [2.05, 4.69) is 43.3 Å². The molecule has 1 heterocycles. The summed E-state index contributed by atoms with van der Waals surface area (Å²) >= 11 is 0. The minimum Gasteiger partial charge on any atom is -0.260 e. The molecule has 0 spiro atoms. The quantitative estimate of drug-likeness (QED) is 0.597. The summed E-state index contributed by atoms with van der Waals surface area (Å²) < 4.78 is 0. The van der Waals surface area contributed by atoms with Gasteiger partial charge in [0.15, 0.2) is 0 Å². The molecule has 0 aromatic heterocycles. The molecule has 0 saturated heterocycles. The molecule has 1 aliphatic rings. The van der Waals surface area contributed by atoms with Gasteiger partial charge >= 0.3 is 0 Å². The SMILES string of the molecule is CC(C)C1C=Nc2ccccc21. The second kappa shape index (κ2) is 2.74. The zero-order valence-corrected chi connectivity index (χ0v) is 7.49. The van der Waals surface area contributed by atoms with Crippen molar-refractivity contribution < 1.29 is 0 Å². The third-order valence-corrected chi connectivity index (χ3v) is 2.39. The molecule has 0 saturated carbocycles. The Balaban J connectivity index is 2.42. The maximum Gasteiger partial charge on any atom is 0.0664 e. The van der Waals surface area contributed by atoms with Crippen LogP contribution < -0.4 is 0 Å². The summed E-state index contributed by atoms with van der Waals surface area (Å²) in [6.07, 6.45) is 2.06. The van der Waals surface area contributed by atoms with Crippen molar-refractivity contribution in [3.8, 4) is 0 Å². The molecule has 0 aliphatic carbocycles. The van der Waals surface area contributed by atoms with E-state index in [0.717, 1.165) is 5.69 Å². The van der Waals surface area contributed by atoms with Crippen LogP contribution in [0.5, 0.6) is 0 Å². The highest BCUT2D eigenvalue weighted by atomic mass is 14.8. The van der Waals surface area contributed by atoms with Crippen LogP contribution in [0.3, 0.4) is 0 Å². The molecule has 62 valence electrons. The van der Waals surface area contributed by atoms with Crippen molar-refractivity contribution in [1.29, 1.82) is 0 Å². The van der Waals surface area contributed by atoms with Gasteiger partial charge in [0.1, 0.15) is 0 Å². The number of benzene rings is 1. The largest absolute Gasteiger partial charge is 0.260 e. The van der Waals surface area contributed by atoms with Crippen LogP contribution in [0.4, 0.5) is 5.69 Å². The number of para-hydroxylation sites is 1. The average Bonchev–Trinajstić information content (AvgIpc) is 2.47. The topological polar surface area (TPSA) is 12.4 Å². The van der Waals surface area contributed by atoms with Crippen LogP contribution in [0.15, 0.2) is 29.3 Å². The van der Waals surface area contributed by atoms with Crippen LogP contribution in [-0.2, 0) is 0 Å². The predicted molar refractivity (Wildman–Crippen MR) is 52.2 cm³/mol. The van der Waals surface area contributed by atoms with Gasteiger partial charge in [-0.2, -0.15) is 0 Å². The molecule has 0 bridgehead atoms. The fraction of sp³-hybridized carbons (Fsp3) is 0.364. The lowest BCUT2D eigenvalue weighted by atomic mass is 9.91. The average molecular weight is 159 g/mol. The van der Waals surface area contributed by atoms with Gasteiger partial charge in [0.05, 0.1) is 5.69 Å². The molecule has 1 aliphatic heterocycles. The minimum atomic E-state index is 0.529. The van der Waals surface area contributed by atoms with Gasteiger partial charge in [-0.25, -0.2) is 0 Å². The van der Waals surface area contributed by atoms with Crippen LogP contribution in [-0.4, -0.2) is 6.21 Å². The molecule has 0 fully saturated rings. The zero-order valence-electron chi connectivity index (χ0n) is 7.49. The summed E-state index contributed by atoms with van der Waals surface area (Å²) in [5, 5.41) is 0. The van der Waals surface area contributed by atoms with E-state index in [9.17, 15) is 0 Å². The summed E-state index contributed by atoms with van der Waals surface area (Å²) in [7, 11) is 0. The third-order valence-electron chi connectivity index (χ3n) is 2.39. The van der Waals surface area contributed by atoms with Crippen molar-refractivity contribution in [2.45, 2.75) is 19.8 Å². The summed E-state index contributed by atoms with van der Waals surface area (Å²) in [5.74, 6) is 1.18.